The highest BCUT2D eigenvalue weighted by Gasteiger charge is 2.17. The third-order valence-electron chi connectivity index (χ3n) is 6.09. The number of rotatable bonds is 5. The van der Waals surface area contributed by atoms with Gasteiger partial charge in [0.15, 0.2) is 0 Å². The van der Waals surface area contributed by atoms with E-state index in [-0.39, 0.29) is 0 Å². The lowest BCUT2D eigenvalue weighted by Crippen LogP contribution is -2.11. The Morgan fingerprint density at radius 2 is 1.71 bits per heavy atom. The summed E-state index contributed by atoms with van der Waals surface area (Å²) in [4.78, 5) is 12.2. The zero-order chi connectivity index (χ0) is 21.5. The lowest BCUT2D eigenvalue weighted by Gasteiger charge is -2.13. The summed E-state index contributed by atoms with van der Waals surface area (Å²) in [6.07, 6.45) is 0. The predicted molar refractivity (Wildman–Crippen MR) is 126 cm³/mol. The fraction of sp³-hybridized carbons (Fsp3) is 0.148. The van der Waals surface area contributed by atoms with Gasteiger partial charge in [-0.05, 0) is 52.6 Å². The van der Waals surface area contributed by atoms with Crippen LogP contribution in [0.25, 0.3) is 32.6 Å². The molecule has 5 aromatic rings. The van der Waals surface area contributed by atoms with Gasteiger partial charge in [0.05, 0.1) is 12.1 Å². The highest BCUT2D eigenvalue weighted by atomic mass is 16.5. The van der Waals surface area contributed by atoms with Crippen LogP contribution >= 0.6 is 0 Å². The molecule has 0 saturated heterocycles. The van der Waals surface area contributed by atoms with Crippen molar-refractivity contribution in [2.24, 2.45) is 5.73 Å². The summed E-state index contributed by atoms with van der Waals surface area (Å²) in [5, 5.41) is 4.45. The minimum atomic E-state index is -0.411. The van der Waals surface area contributed by atoms with Gasteiger partial charge in [-0.3, -0.25) is 4.79 Å². The molecule has 4 heteroatoms. The molecule has 0 fully saturated rings. The van der Waals surface area contributed by atoms with Crippen LogP contribution in [0.15, 0.2) is 72.8 Å². The average Bonchev–Trinajstić information content (AvgIpc) is 3.09. The SMILES string of the molecule is COCc1ccc2c3c(C(N)=O)cccc3n(Cc3ccc(C)c4ccccc34)c2c1. The third-order valence-corrected chi connectivity index (χ3v) is 6.09. The molecule has 0 unspecified atom stereocenters. The second-order valence-electron chi connectivity index (χ2n) is 8.02. The molecule has 154 valence electrons. The normalized spacial score (nSPS) is 11.5. The fourth-order valence-corrected chi connectivity index (χ4v) is 4.64. The molecule has 31 heavy (non-hydrogen) atoms. The van der Waals surface area contributed by atoms with E-state index in [0.717, 1.165) is 27.4 Å². The number of nitrogens with zero attached hydrogens (tertiary/aromatic N) is 1. The number of methoxy groups -OCH3 is 1. The molecule has 0 bridgehead atoms. The van der Waals surface area contributed by atoms with Crippen molar-refractivity contribution >= 4 is 38.5 Å². The Hall–Kier alpha value is -3.63. The van der Waals surface area contributed by atoms with Gasteiger partial charge in [-0.25, -0.2) is 0 Å². The minimum Gasteiger partial charge on any atom is -0.380 e. The maximum absolute atomic E-state index is 12.2. The van der Waals surface area contributed by atoms with Crippen LogP contribution in [0, 0.1) is 6.92 Å². The molecule has 0 saturated carbocycles. The summed E-state index contributed by atoms with van der Waals surface area (Å²) < 4.78 is 7.64. The monoisotopic (exact) mass is 408 g/mol. The Bertz CT molecular complexity index is 1460. The van der Waals surface area contributed by atoms with Crippen molar-refractivity contribution in [1.29, 1.82) is 0 Å². The number of benzene rings is 4. The minimum absolute atomic E-state index is 0.411. The predicted octanol–water partition coefficient (Wildman–Crippen LogP) is 5.55. The molecular formula is C27H24N2O2. The second-order valence-corrected chi connectivity index (χ2v) is 8.02. The van der Waals surface area contributed by atoms with Crippen LogP contribution in [0.1, 0.15) is 27.0 Å². The molecule has 4 aromatic carbocycles. The van der Waals surface area contributed by atoms with E-state index in [2.05, 4.69) is 72.2 Å². The molecule has 1 aromatic heterocycles. The number of aryl methyl sites for hydroxylation is 1. The van der Waals surface area contributed by atoms with Crippen LogP contribution in [0.4, 0.5) is 0 Å². The Kier molecular flexibility index (Phi) is 4.72. The Balaban J connectivity index is 1.81. The summed E-state index contributed by atoms with van der Waals surface area (Å²) in [7, 11) is 1.70. The number of fused-ring (bicyclic) bond motifs is 4. The van der Waals surface area contributed by atoms with Gasteiger partial charge in [0, 0.05) is 35.5 Å². The zero-order valence-corrected chi connectivity index (χ0v) is 17.7. The summed E-state index contributed by atoms with van der Waals surface area (Å²) in [5.74, 6) is -0.411. The number of hydrogen-bond acceptors (Lipinski definition) is 2. The van der Waals surface area contributed by atoms with Crippen molar-refractivity contribution < 1.29 is 9.53 Å². The van der Waals surface area contributed by atoms with Gasteiger partial charge in [0.25, 0.3) is 0 Å². The molecule has 1 amide bonds. The van der Waals surface area contributed by atoms with Gasteiger partial charge in [0.2, 0.25) is 5.91 Å². The number of primary amides is 1. The average molecular weight is 409 g/mol. The van der Waals surface area contributed by atoms with Crippen molar-refractivity contribution in [2.75, 3.05) is 7.11 Å². The third kappa shape index (κ3) is 3.16. The van der Waals surface area contributed by atoms with Gasteiger partial charge in [-0.2, -0.15) is 0 Å². The molecule has 0 radical (unpaired) electrons. The van der Waals surface area contributed by atoms with Crippen LogP contribution in [-0.4, -0.2) is 17.6 Å². The van der Waals surface area contributed by atoms with Crippen LogP contribution < -0.4 is 5.73 Å². The first-order valence-electron chi connectivity index (χ1n) is 10.4. The lowest BCUT2D eigenvalue weighted by molar-refractivity contribution is 0.100. The maximum Gasteiger partial charge on any atom is 0.249 e. The molecular weight excluding hydrogens is 384 g/mol. The Labute approximate surface area is 180 Å². The summed E-state index contributed by atoms with van der Waals surface area (Å²) in [6, 6.07) is 24.9. The number of carbonyl (C=O) groups excluding carboxylic acids is 1. The topological polar surface area (TPSA) is 57.2 Å². The molecule has 5 rings (SSSR count). The number of nitrogens with two attached hydrogens (primary N) is 1. The molecule has 2 N–H and O–H groups in total. The zero-order valence-electron chi connectivity index (χ0n) is 17.7. The van der Waals surface area contributed by atoms with Crippen LogP contribution in [-0.2, 0) is 17.9 Å². The van der Waals surface area contributed by atoms with Gasteiger partial charge in [0.1, 0.15) is 0 Å². The Morgan fingerprint density at radius 1 is 0.903 bits per heavy atom. The van der Waals surface area contributed by atoms with Crippen molar-refractivity contribution in [3.05, 3.63) is 95.1 Å². The van der Waals surface area contributed by atoms with Crippen LogP contribution in [0.2, 0.25) is 0 Å². The molecule has 0 aliphatic rings. The van der Waals surface area contributed by atoms with E-state index in [1.165, 1.54) is 21.9 Å². The maximum atomic E-state index is 12.2. The highest BCUT2D eigenvalue weighted by molar-refractivity contribution is 6.18. The molecule has 0 spiro atoms. The van der Waals surface area contributed by atoms with Crippen molar-refractivity contribution in [3.63, 3.8) is 0 Å². The number of ether oxygens (including phenoxy) is 1. The van der Waals surface area contributed by atoms with E-state index in [1.54, 1.807) is 13.2 Å². The fourth-order valence-electron chi connectivity index (χ4n) is 4.64. The Morgan fingerprint density at radius 3 is 2.48 bits per heavy atom. The summed E-state index contributed by atoms with van der Waals surface area (Å²) in [5.41, 5.74) is 12.0. The standard InChI is InChI=1S/C27H24N2O2/c1-17-10-12-19(21-7-4-3-6-20(17)21)15-29-24-9-5-8-23(27(28)30)26(24)22-13-11-18(16-31-2)14-25(22)29/h3-14H,15-16H2,1-2H3,(H2,28,30). The molecule has 0 aliphatic carbocycles. The van der Waals surface area contributed by atoms with Crippen molar-refractivity contribution in [3.8, 4) is 0 Å². The molecule has 1 heterocycles. The largest absolute Gasteiger partial charge is 0.380 e. The first kappa shape index (κ1) is 19.3. The van der Waals surface area contributed by atoms with Gasteiger partial charge >= 0.3 is 0 Å². The molecule has 0 aliphatic heterocycles. The molecule has 0 atom stereocenters. The van der Waals surface area contributed by atoms with E-state index >= 15 is 0 Å². The highest BCUT2D eigenvalue weighted by Crippen LogP contribution is 2.34. The van der Waals surface area contributed by atoms with Crippen LogP contribution in [0.5, 0.6) is 0 Å². The second kappa shape index (κ2) is 7.56. The van der Waals surface area contributed by atoms with Crippen molar-refractivity contribution in [1.82, 2.24) is 4.57 Å². The van der Waals surface area contributed by atoms with E-state index in [4.69, 9.17) is 10.5 Å². The van der Waals surface area contributed by atoms with E-state index in [1.807, 2.05) is 6.07 Å². The first-order chi connectivity index (χ1) is 15.1. The van der Waals surface area contributed by atoms with Gasteiger partial charge < -0.3 is 15.0 Å². The lowest BCUT2D eigenvalue weighted by atomic mass is 10.0. The van der Waals surface area contributed by atoms with E-state index in [0.29, 0.717) is 18.7 Å². The van der Waals surface area contributed by atoms with E-state index < -0.39 is 5.91 Å². The van der Waals surface area contributed by atoms with Crippen LogP contribution in [0.3, 0.4) is 0 Å². The first-order valence-corrected chi connectivity index (χ1v) is 10.4. The smallest absolute Gasteiger partial charge is 0.249 e. The van der Waals surface area contributed by atoms with E-state index in [9.17, 15) is 4.79 Å². The number of carbonyl (C=O) groups is 1. The quantitative estimate of drug-likeness (QED) is 0.414. The molecule has 4 nitrogen and oxygen atoms in total. The van der Waals surface area contributed by atoms with Gasteiger partial charge in [-0.15, -0.1) is 0 Å². The number of hydrogen-bond donors (Lipinski definition) is 1. The number of aromatic nitrogens is 1. The summed E-state index contributed by atoms with van der Waals surface area (Å²) in [6.45, 7) is 3.37. The number of amides is 1. The summed E-state index contributed by atoms with van der Waals surface area (Å²) >= 11 is 0. The van der Waals surface area contributed by atoms with Gasteiger partial charge in [-0.1, -0.05) is 54.6 Å². The van der Waals surface area contributed by atoms with Crippen molar-refractivity contribution in [2.45, 2.75) is 20.1 Å².